The van der Waals surface area contributed by atoms with Crippen molar-refractivity contribution in [3.05, 3.63) is 90.3 Å². The monoisotopic (exact) mass is 436 g/mol. The Hall–Kier alpha value is -4.06. The quantitative estimate of drug-likeness (QED) is 0.449. The summed E-state index contributed by atoms with van der Waals surface area (Å²) < 4.78 is 0. The molecule has 6 heteroatoms. The van der Waals surface area contributed by atoms with Crippen LogP contribution in [0.25, 0.3) is 22.2 Å². The summed E-state index contributed by atoms with van der Waals surface area (Å²) in [6.07, 6.45) is 7.86. The van der Waals surface area contributed by atoms with Gasteiger partial charge >= 0.3 is 0 Å². The number of aromatic nitrogens is 2. The molecular formula is C27H24N4O2. The van der Waals surface area contributed by atoms with Gasteiger partial charge in [0.2, 0.25) is 0 Å². The Morgan fingerprint density at radius 3 is 2.42 bits per heavy atom. The van der Waals surface area contributed by atoms with E-state index in [1.807, 2.05) is 36.4 Å². The molecule has 1 saturated carbocycles. The molecule has 5 rings (SSSR count). The minimum atomic E-state index is -0.234. The molecule has 0 spiro atoms. The molecule has 0 unspecified atom stereocenters. The first kappa shape index (κ1) is 20.8. The van der Waals surface area contributed by atoms with Crippen molar-refractivity contribution in [3.8, 4) is 11.3 Å². The van der Waals surface area contributed by atoms with E-state index in [4.69, 9.17) is 4.98 Å². The SMILES string of the molecule is O=C(NC1CCCC1)c1ccc(NC(=O)c2cc(-c3cccnc3)nc3ccccc23)cc1. The van der Waals surface area contributed by atoms with Gasteiger partial charge in [0.15, 0.2) is 0 Å². The van der Waals surface area contributed by atoms with E-state index in [0.29, 0.717) is 22.5 Å². The van der Waals surface area contributed by atoms with Crippen LogP contribution in [0.1, 0.15) is 46.4 Å². The Kier molecular flexibility index (Phi) is 5.81. The molecule has 1 fully saturated rings. The van der Waals surface area contributed by atoms with Crippen molar-refractivity contribution in [1.29, 1.82) is 0 Å². The van der Waals surface area contributed by atoms with Gasteiger partial charge in [-0.15, -0.1) is 0 Å². The zero-order valence-corrected chi connectivity index (χ0v) is 18.1. The number of hydrogen-bond donors (Lipinski definition) is 2. The van der Waals surface area contributed by atoms with Crippen molar-refractivity contribution in [2.24, 2.45) is 0 Å². The summed E-state index contributed by atoms with van der Waals surface area (Å²) >= 11 is 0. The number of carbonyl (C=O) groups is 2. The lowest BCUT2D eigenvalue weighted by molar-refractivity contribution is 0.0937. The molecule has 2 aromatic heterocycles. The third-order valence-electron chi connectivity index (χ3n) is 6.01. The van der Waals surface area contributed by atoms with Crippen LogP contribution in [0.15, 0.2) is 79.1 Å². The fourth-order valence-corrected chi connectivity index (χ4v) is 4.27. The molecule has 0 aliphatic heterocycles. The van der Waals surface area contributed by atoms with E-state index in [2.05, 4.69) is 15.6 Å². The molecule has 6 nitrogen and oxygen atoms in total. The van der Waals surface area contributed by atoms with Crippen LogP contribution < -0.4 is 10.6 Å². The molecule has 2 aromatic carbocycles. The Morgan fingerprint density at radius 2 is 1.67 bits per heavy atom. The van der Waals surface area contributed by atoms with Crippen LogP contribution in [0.4, 0.5) is 5.69 Å². The predicted molar refractivity (Wildman–Crippen MR) is 129 cm³/mol. The predicted octanol–water partition coefficient (Wildman–Crippen LogP) is 5.22. The van der Waals surface area contributed by atoms with Gasteiger partial charge in [-0.2, -0.15) is 0 Å². The van der Waals surface area contributed by atoms with Gasteiger partial charge in [0.05, 0.1) is 16.8 Å². The van der Waals surface area contributed by atoms with Crippen molar-refractivity contribution in [2.75, 3.05) is 5.32 Å². The number of hydrogen-bond acceptors (Lipinski definition) is 4. The Balaban J connectivity index is 1.38. The second kappa shape index (κ2) is 9.20. The van der Waals surface area contributed by atoms with Gasteiger partial charge in [-0.25, -0.2) is 4.98 Å². The molecule has 0 saturated heterocycles. The summed E-state index contributed by atoms with van der Waals surface area (Å²) in [6, 6.07) is 20.4. The Bertz CT molecular complexity index is 1300. The zero-order valence-electron chi connectivity index (χ0n) is 18.1. The molecular weight excluding hydrogens is 412 g/mol. The van der Waals surface area contributed by atoms with Gasteiger partial charge < -0.3 is 10.6 Å². The van der Waals surface area contributed by atoms with Crippen LogP contribution >= 0.6 is 0 Å². The van der Waals surface area contributed by atoms with E-state index in [1.165, 1.54) is 12.8 Å². The molecule has 2 heterocycles. The number of carbonyl (C=O) groups excluding carboxylic acids is 2. The van der Waals surface area contributed by atoms with Crippen molar-refractivity contribution in [2.45, 2.75) is 31.7 Å². The highest BCUT2D eigenvalue weighted by atomic mass is 16.2. The van der Waals surface area contributed by atoms with Gasteiger partial charge in [-0.3, -0.25) is 14.6 Å². The number of benzene rings is 2. The van der Waals surface area contributed by atoms with Crippen LogP contribution in [0.5, 0.6) is 0 Å². The van der Waals surface area contributed by atoms with Gasteiger partial charge in [0, 0.05) is 40.6 Å². The lowest BCUT2D eigenvalue weighted by Gasteiger charge is -2.13. The fourth-order valence-electron chi connectivity index (χ4n) is 4.27. The van der Waals surface area contributed by atoms with Gasteiger partial charge in [-0.05, 0) is 61.4 Å². The first-order valence-electron chi connectivity index (χ1n) is 11.2. The van der Waals surface area contributed by atoms with Crippen LogP contribution in [-0.2, 0) is 0 Å². The Labute approximate surface area is 192 Å². The van der Waals surface area contributed by atoms with Crippen LogP contribution in [0.3, 0.4) is 0 Å². The standard InChI is InChI=1S/C27H24N4O2/c32-26(29-20-7-1-2-8-20)18-11-13-21(14-12-18)30-27(33)23-16-25(19-6-5-15-28-17-19)31-24-10-4-3-9-22(23)24/h3-6,9-17,20H,1-2,7-8H2,(H,29,32)(H,30,33). The smallest absolute Gasteiger partial charge is 0.256 e. The van der Waals surface area contributed by atoms with E-state index in [9.17, 15) is 9.59 Å². The largest absolute Gasteiger partial charge is 0.349 e. The summed E-state index contributed by atoms with van der Waals surface area (Å²) in [4.78, 5) is 34.6. The van der Waals surface area contributed by atoms with E-state index in [1.54, 1.807) is 42.7 Å². The Morgan fingerprint density at radius 1 is 0.879 bits per heavy atom. The summed E-state index contributed by atoms with van der Waals surface area (Å²) in [6.45, 7) is 0. The minimum absolute atomic E-state index is 0.0685. The number of anilines is 1. The normalized spacial score (nSPS) is 13.7. The number of rotatable bonds is 5. The number of para-hydroxylation sites is 1. The first-order valence-corrected chi connectivity index (χ1v) is 11.2. The zero-order chi connectivity index (χ0) is 22.6. The maximum Gasteiger partial charge on any atom is 0.256 e. The maximum absolute atomic E-state index is 13.2. The lowest BCUT2D eigenvalue weighted by Crippen LogP contribution is -2.32. The molecule has 4 aromatic rings. The summed E-state index contributed by atoms with van der Waals surface area (Å²) in [5, 5.41) is 6.81. The van der Waals surface area contributed by atoms with Crippen molar-refractivity contribution < 1.29 is 9.59 Å². The van der Waals surface area contributed by atoms with Crippen LogP contribution in [0, 0.1) is 0 Å². The third kappa shape index (κ3) is 4.60. The van der Waals surface area contributed by atoms with Gasteiger partial charge in [-0.1, -0.05) is 31.0 Å². The summed E-state index contributed by atoms with van der Waals surface area (Å²) in [5.74, 6) is -0.303. The van der Waals surface area contributed by atoms with E-state index in [-0.39, 0.29) is 17.9 Å². The second-order valence-corrected chi connectivity index (χ2v) is 8.30. The first-order chi connectivity index (χ1) is 16.2. The van der Waals surface area contributed by atoms with E-state index < -0.39 is 0 Å². The molecule has 0 bridgehead atoms. The highest BCUT2D eigenvalue weighted by molar-refractivity contribution is 6.13. The van der Waals surface area contributed by atoms with Crippen LogP contribution in [-0.4, -0.2) is 27.8 Å². The number of fused-ring (bicyclic) bond motifs is 1. The van der Waals surface area contributed by atoms with Crippen LogP contribution in [0.2, 0.25) is 0 Å². The third-order valence-corrected chi connectivity index (χ3v) is 6.01. The number of nitrogens with one attached hydrogen (secondary N) is 2. The minimum Gasteiger partial charge on any atom is -0.349 e. The molecule has 1 aliphatic rings. The molecule has 2 amide bonds. The van der Waals surface area contributed by atoms with E-state index >= 15 is 0 Å². The highest BCUT2D eigenvalue weighted by Gasteiger charge is 2.18. The number of pyridine rings is 2. The maximum atomic E-state index is 13.2. The molecule has 0 radical (unpaired) electrons. The summed E-state index contributed by atoms with van der Waals surface area (Å²) in [5.41, 5.74) is 4.01. The average molecular weight is 437 g/mol. The van der Waals surface area contributed by atoms with Gasteiger partial charge in [0.1, 0.15) is 0 Å². The summed E-state index contributed by atoms with van der Waals surface area (Å²) in [7, 11) is 0. The second-order valence-electron chi connectivity index (χ2n) is 8.30. The molecule has 0 atom stereocenters. The van der Waals surface area contributed by atoms with E-state index in [0.717, 1.165) is 29.3 Å². The number of nitrogens with zero attached hydrogens (tertiary/aromatic N) is 2. The molecule has 33 heavy (non-hydrogen) atoms. The average Bonchev–Trinajstić information content (AvgIpc) is 3.37. The number of amides is 2. The van der Waals surface area contributed by atoms with Crippen molar-refractivity contribution >= 4 is 28.4 Å². The lowest BCUT2D eigenvalue weighted by atomic mass is 10.0. The molecule has 164 valence electrons. The van der Waals surface area contributed by atoms with Gasteiger partial charge in [0.25, 0.3) is 11.8 Å². The highest BCUT2D eigenvalue weighted by Crippen LogP contribution is 2.25. The fraction of sp³-hybridized carbons (Fsp3) is 0.185. The molecule has 1 aliphatic carbocycles. The van der Waals surface area contributed by atoms with Crippen molar-refractivity contribution in [1.82, 2.24) is 15.3 Å². The van der Waals surface area contributed by atoms with Crippen molar-refractivity contribution in [3.63, 3.8) is 0 Å². The molecule has 2 N–H and O–H groups in total. The topological polar surface area (TPSA) is 84.0 Å².